The summed E-state index contributed by atoms with van der Waals surface area (Å²) in [5.74, 6) is -0.167. The molecule has 0 unspecified atom stereocenters. The fourth-order valence-corrected chi connectivity index (χ4v) is 4.67. The Morgan fingerprint density at radius 1 is 0.711 bits per heavy atom. The molecule has 5 nitrogen and oxygen atoms in total. The second-order valence-corrected chi connectivity index (χ2v) is 10.1. The van der Waals surface area contributed by atoms with Crippen molar-refractivity contribution in [1.29, 1.82) is 0 Å². The van der Waals surface area contributed by atoms with E-state index >= 15 is 0 Å². The maximum atomic E-state index is 12.5. The van der Waals surface area contributed by atoms with Gasteiger partial charge in [-0.1, -0.05) is 88.9 Å². The predicted octanol–water partition coefficient (Wildman–Crippen LogP) is 8.95. The molecule has 10 heteroatoms. The van der Waals surface area contributed by atoms with Crippen LogP contribution < -0.4 is 5.32 Å². The van der Waals surface area contributed by atoms with Gasteiger partial charge in [0.1, 0.15) is 10.3 Å². The van der Waals surface area contributed by atoms with E-state index in [9.17, 15) is 9.59 Å². The van der Waals surface area contributed by atoms with Gasteiger partial charge in [0.2, 0.25) is 0 Å². The van der Waals surface area contributed by atoms with E-state index in [2.05, 4.69) is 15.3 Å². The highest BCUT2D eigenvalue weighted by atomic mass is 35.5. The molecule has 0 radical (unpaired) electrons. The number of hydrogen-bond donors (Lipinski definition) is 1. The van der Waals surface area contributed by atoms with Gasteiger partial charge in [0.15, 0.2) is 0 Å². The van der Waals surface area contributed by atoms with Crippen LogP contribution in [0.15, 0.2) is 79.1 Å². The molecule has 5 aromatic rings. The minimum atomic E-state index is -0.534. The van der Waals surface area contributed by atoms with Gasteiger partial charge in [0, 0.05) is 45.1 Å². The van der Waals surface area contributed by atoms with Gasteiger partial charge in [-0.05, 0) is 48.4 Å². The number of halogens is 5. The summed E-state index contributed by atoms with van der Waals surface area (Å²) in [6, 6.07) is 19.8. The van der Waals surface area contributed by atoms with E-state index in [0.717, 1.165) is 16.3 Å². The number of pyridine rings is 2. The molecule has 0 bridgehead atoms. The van der Waals surface area contributed by atoms with Gasteiger partial charge >= 0.3 is 0 Å². The molecular weight excluding hydrogens is 588 g/mol. The third-order valence-corrected chi connectivity index (χ3v) is 7.14. The van der Waals surface area contributed by atoms with Crippen molar-refractivity contribution in [3.8, 4) is 0 Å². The van der Waals surface area contributed by atoms with Gasteiger partial charge in [-0.2, -0.15) is 0 Å². The fraction of sp³-hybridized carbons (Fsp3) is 0.0714. The molecule has 0 aliphatic carbocycles. The first-order valence-corrected chi connectivity index (χ1v) is 13.1. The van der Waals surface area contributed by atoms with E-state index in [-0.39, 0.29) is 11.9 Å². The van der Waals surface area contributed by atoms with Crippen molar-refractivity contribution in [2.75, 3.05) is 0 Å². The molecule has 3 aromatic carbocycles. The van der Waals surface area contributed by atoms with E-state index in [4.69, 9.17) is 58.0 Å². The molecule has 0 saturated carbocycles. The van der Waals surface area contributed by atoms with E-state index in [1.54, 1.807) is 36.4 Å². The number of nitrogens with zero attached hydrogens (tertiary/aromatic N) is 2. The highest BCUT2D eigenvalue weighted by Crippen LogP contribution is 2.30. The van der Waals surface area contributed by atoms with Crippen LogP contribution in [0.5, 0.6) is 0 Å². The molecule has 2 aromatic heterocycles. The average Bonchev–Trinajstić information content (AvgIpc) is 2.93. The van der Waals surface area contributed by atoms with Crippen molar-refractivity contribution >= 4 is 90.7 Å². The zero-order valence-electron chi connectivity index (χ0n) is 19.7. The molecule has 0 saturated heterocycles. The number of rotatable bonds is 4. The molecule has 5 rings (SSSR count). The second kappa shape index (κ2) is 12.3. The zero-order chi connectivity index (χ0) is 27.4. The van der Waals surface area contributed by atoms with Crippen LogP contribution in [0.25, 0.3) is 21.5 Å². The number of amides is 1. The van der Waals surface area contributed by atoms with Crippen molar-refractivity contribution in [2.24, 2.45) is 0 Å². The topological polar surface area (TPSA) is 72.0 Å². The Labute approximate surface area is 243 Å². The SMILES string of the molecule is C[C@@H](NC(=O)c1ccc2c(Cl)cnc(Cl)c2c1)c1ccccc1.O=C(Cl)c1ccc2c(Cl)cnc(Cl)c2c1. The Balaban J connectivity index is 0.000000194. The van der Waals surface area contributed by atoms with Crippen LogP contribution >= 0.6 is 58.0 Å². The summed E-state index contributed by atoms with van der Waals surface area (Å²) in [6.07, 6.45) is 2.97. The summed E-state index contributed by atoms with van der Waals surface area (Å²) < 4.78 is 0. The summed E-state index contributed by atoms with van der Waals surface area (Å²) in [7, 11) is 0. The van der Waals surface area contributed by atoms with Crippen molar-refractivity contribution in [2.45, 2.75) is 13.0 Å². The van der Waals surface area contributed by atoms with Crippen LogP contribution in [0.2, 0.25) is 20.4 Å². The Bertz CT molecular complexity index is 1660. The van der Waals surface area contributed by atoms with Crippen LogP contribution in [0, 0.1) is 0 Å². The molecule has 38 heavy (non-hydrogen) atoms. The number of benzene rings is 3. The highest BCUT2D eigenvalue weighted by molar-refractivity contribution is 6.67. The Kier molecular flexibility index (Phi) is 9.08. The molecule has 2 heterocycles. The third-order valence-electron chi connectivity index (χ3n) is 5.72. The lowest BCUT2D eigenvalue weighted by atomic mass is 10.1. The van der Waals surface area contributed by atoms with Crippen molar-refractivity contribution in [1.82, 2.24) is 15.3 Å². The standard InChI is InChI=1S/C18H14Cl2N2O.C10H4Cl3NO/c1-11(12-5-3-2-4-6-12)22-18(23)13-7-8-14-15(9-13)17(20)21-10-16(14)19;11-8-4-14-9(12)7-3-5(10(13)15)1-2-6(7)8/h2-11H,1H3,(H,22,23);1-4H/t11-;/m1./s1. The molecule has 192 valence electrons. The Morgan fingerprint density at radius 2 is 1.21 bits per heavy atom. The van der Waals surface area contributed by atoms with E-state index in [1.807, 2.05) is 37.3 Å². The number of carbonyl (C=O) groups excluding carboxylic acids is 2. The van der Waals surface area contributed by atoms with E-state index in [0.29, 0.717) is 42.3 Å². The van der Waals surface area contributed by atoms with Gasteiger partial charge < -0.3 is 5.32 Å². The lowest BCUT2D eigenvalue weighted by molar-refractivity contribution is 0.0939. The number of hydrogen-bond acceptors (Lipinski definition) is 4. The Hall–Kier alpha value is -2.93. The quantitative estimate of drug-likeness (QED) is 0.164. The van der Waals surface area contributed by atoms with E-state index < -0.39 is 5.24 Å². The highest BCUT2D eigenvalue weighted by Gasteiger charge is 2.14. The monoisotopic (exact) mass is 603 g/mol. The first kappa shape index (κ1) is 28.1. The Morgan fingerprint density at radius 3 is 1.74 bits per heavy atom. The van der Waals surface area contributed by atoms with E-state index in [1.165, 1.54) is 12.4 Å². The summed E-state index contributed by atoms with van der Waals surface area (Å²) in [5.41, 5.74) is 1.94. The number of nitrogens with one attached hydrogen (secondary N) is 1. The average molecular weight is 606 g/mol. The molecule has 0 aliphatic rings. The number of aromatic nitrogens is 2. The van der Waals surface area contributed by atoms with Crippen molar-refractivity contribution in [3.05, 3.63) is 116 Å². The second-order valence-electron chi connectivity index (χ2n) is 8.19. The number of fused-ring (bicyclic) bond motifs is 2. The maximum Gasteiger partial charge on any atom is 0.252 e. The van der Waals surface area contributed by atoms with Crippen LogP contribution in [0.1, 0.15) is 39.2 Å². The molecule has 1 amide bonds. The van der Waals surface area contributed by atoms with Crippen LogP contribution in [0.3, 0.4) is 0 Å². The van der Waals surface area contributed by atoms with Crippen LogP contribution in [-0.2, 0) is 0 Å². The lowest BCUT2D eigenvalue weighted by Gasteiger charge is -2.14. The summed E-state index contributed by atoms with van der Waals surface area (Å²) in [6.45, 7) is 1.94. The lowest BCUT2D eigenvalue weighted by Crippen LogP contribution is -2.26. The first-order valence-electron chi connectivity index (χ1n) is 11.2. The summed E-state index contributed by atoms with van der Waals surface area (Å²) in [4.78, 5) is 31.3. The molecular formula is C28H18Cl5N3O2. The number of carbonyl (C=O) groups is 2. The largest absolute Gasteiger partial charge is 0.346 e. The molecule has 1 atom stereocenters. The fourth-order valence-electron chi connectivity index (χ4n) is 3.72. The summed E-state index contributed by atoms with van der Waals surface area (Å²) >= 11 is 29.4. The smallest absolute Gasteiger partial charge is 0.252 e. The maximum absolute atomic E-state index is 12.5. The molecule has 0 aliphatic heterocycles. The third kappa shape index (κ3) is 6.37. The van der Waals surface area contributed by atoms with Crippen LogP contribution in [0.4, 0.5) is 0 Å². The van der Waals surface area contributed by atoms with Gasteiger partial charge in [-0.25, -0.2) is 9.97 Å². The van der Waals surface area contributed by atoms with Gasteiger partial charge in [0.25, 0.3) is 11.1 Å². The van der Waals surface area contributed by atoms with Gasteiger partial charge in [0.05, 0.1) is 16.1 Å². The van der Waals surface area contributed by atoms with Crippen LogP contribution in [-0.4, -0.2) is 21.1 Å². The van der Waals surface area contributed by atoms with Gasteiger partial charge in [-0.15, -0.1) is 0 Å². The molecule has 0 fully saturated rings. The summed E-state index contributed by atoms with van der Waals surface area (Å²) in [5, 5.41) is 6.88. The minimum Gasteiger partial charge on any atom is -0.346 e. The molecule has 1 N–H and O–H groups in total. The van der Waals surface area contributed by atoms with Crippen molar-refractivity contribution < 1.29 is 9.59 Å². The normalized spacial score (nSPS) is 11.5. The van der Waals surface area contributed by atoms with Gasteiger partial charge in [-0.3, -0.25) is 9.59 Å². The molecule has 0 spiro atoms. The predicted molar refractivity (Wildman–Crippen MR) is 156 cm³/mol. The zero-order valence-corrected chi connectivity index (χ0v) is 23.5. The minimum absolute atomic E-state index is 0.0904. The first-order chi connectivity index (χ1) is 18.2. The van der Waals surface area contributed by atoms with Crippen molar-refractivity contribution in [3.63, 3.8) is 0 Å².